The Balaban J connectivity index is 1.84. The van der Waals surface area contributed by atoms with Gasteiger partial charge < -0.3 is 14.7 Å². The number of carbonyl (C=O) groups excluding carboxylic acids is 1. The highest BCUT2D eigenvalue weighted by Crippen LogP contribution is 2.43. The molecule has 152 valence electrons. The van der Waals surface area contributed by atoms with Gasteiger partial charge in [-0.25, -0.2) is 0 Å². The molecule has 3 aromatic carbocycles. The van der Waals surface area contributed by atoms with Gasteiger partial charge in [0.25, 0.3) is 5.91 Å². The molecule has 1 aliphatic heterocycles. The zero-order chi connectivity index (χ0) is 21.1. The van der Waals surface area contributed by atoms with Crippen LogP contribution in [0.4, 0.5) is 0 Å². The van der Waals surface area contributed by atoms with E-state index in [0.717, 1.165) is 11.1 Å². The molecule has 0 fully saturated rings. The maximum Gasteiger partial charge on any atom is 0.313 e. The van der Waals surface area contributed by atoms with Crippen molar-refractivity contribution in [2.24, 2.45) is 0 Å². The van der Waals surface area contributed by atoms with E-state index in [2.05, 4.69) is 0 Å². The minimum atomic E-state index is -0.952. The van der Waals surface area contributed by atoms with Crippen LogP contribution in [0.2, 0.25) is 0 Å². The molecule has 0 radical (unpaired) electrons. The van der Waals surface area contributed by atoms with Gasteiger partial charge in [-0.3, -0.25) is 9.59 Å². The highest BCUT2D eigenvalue weighted by Gasteiger charge is 2.44. The van der Waals surface area contributed by atoms with Crippen LogP contribution in [0.3, 0.4) is 0 Å². The summed E-state index contributed by atoms with van der Waals surface area (Å²) in [5.41, 5.74) is 2.72. The monoisotopic (exact) mass is 401 g/mol. The Kier molecular flexibility index (Phi) is 5.53. The average Bonchev–Trinajstić information content (AvgIpc) is 2.77. The van der Waals surface area contributed by atoms with Crippen LogP contribution in [0.1, 0.15) is 45.9 Å². The molecule has 0 unspecified atom stereocenters. The molecule has 1 amide bonds. The van der Waals surface area contributed by atoms with Crippen LogP contribution in [0.15, 0.2) is 78.9 Å². The summed E-state index contributed by atoms with van der Waals surface area (Å²) in [6, 6.07) is 23.4. The Morgan fingerprint density at radius 3 is 2.30 bits per heavy atom. The lowest BCUT2D eigenvalue weighted by Gasteiger charge is -2.41. The van der Waals surface area contributed by atoms with E-state index in [1.165, 1.54) is 0 Å². The van der Waals surface area contributed by atoms with Crippen molar-refractivity contribution in [3.63, 3.8) is 0 Å². The molecule has 0 aromatic heterocycles. The van der Waals surface area contributed by atoms with Gasteiger partial charge in [0, 0.05) is 12.1 Å². The van der Waals surface area contributed by atoms with Gasteiger partial charge in [-0.1, -0.05) is 60.7 Å². The summed E-state index contributed by atoms with van der Waals surface area (Å²) in [5, 5.41) is 10.2. The van der Waals surface area contributed by atoms with Gasteiger partial charge in [0.2, 0.25) is 0 Å². The Morgan fingerprint density at radius 1 is 0.967 bits per heavy atom. The van der Waals surface area contributed by atoms with E-state index < -0.39 is 17.9 Å². The van der Waals surface area contributed by atoms with E-state index in [9.17, 15) is 14.7 Å². The molecule has 2 atom stereocenters. The normalized spacial score (nSPS) is 18.0. The van der Waals surface area contributed by atoms with Crippen LogP contribution in [-0.2, 0) is 11.3 Å². The summed E-state index contributed by atoms with van der Waals surface area (Å²) in [4.78, 5) is 27.5. The van der Waals surface area contributed by atoms with Gasteiger partial charge >= 0.3 is 5.97 Å². The van der Waals surface area contributed by atoms with Gasteiger partial charge in [0.05, 0.1) is 12.6 Å². The molecular formula is C25H23NO4. The highest BCUT2D eigenvalue weighted by molar-refractivity contribution is 6.00. The Hall–Kier alpha value is -3.60. The van der Waals surface area contributed by atoms with Gasteiger partial charge in [-0.05, 0) is 41.8 Å². The number of amides is 1. The molecule has 30 heavy (non-hydrogen) atoms. The number of rotatable bonds is 6. The molecule has 5 nitrogen and oxygen atoms in total. The number of carboxylic acid groups (broad SMARTS) is 1. The molecule has 0 bridgehead atoms. The second kappa shape index (κ2) is 8.41. The van der Waals surface area contributed by atoms with E-state index in [1.54, 1.807) is 29.2 Å². The fraction of sp³-hybridized carbons (Fsp3) is 0.200. The predicted molar refractivity (Wildman–Crippen MR) is 113 cm³/mol. The number of nitrogens with zero attached hydrogens (tertiary/aromatic N) is 1. The second-order valence-electron chi connectivity index (χ2n) is 7.27. The van der Waals surface area contributed by atoms with E-state index >= 15 is 0 Å². The summed E-state index contributed by atoms with van der Waals surface area (Å²) in [7, 11) is 0. The van der Waals surface area contributed by atoms with Crippen LogP contribution in [0, 0.1) is 0 Å². The van der Waals surface area contributed by atoms with Gasteiger partial charge in [0.1, 0.15) is 11.7 Å². The molecule has 0 aliphatic carbocycles. The summed E-state index contributed by atoms with van der Waals surface area (Å²) in [6.07, 6.45) is 0. The van der Waals surface area contributed by atoms with Crippen molar-refractivity contribution in [1.82, 2.24) is 4.90 Å². The zero-order valence-corrected chi connectivity index (χ0v) is 16.7. The highest BCUT2D eigenvalue weighted by atomic mass is 16.5. The number of carbonyl (C=O) groups is 2. The predicted octanol–water partition coefficient (Wildman–Crippen LogP) is 4.65. The van der Waals surface area contributed by atoms with Gasteiger partial charge in [-0.2, -0.15) is 0 Å². The number of hydrogen-bond donors (Lipinski definition) is 1. The number of ether oxygens (including phenoxy) is 1. The van der Waals surface area contributed by atoms with Crippen LogP contribution < -0.4 is 4.74 Å². The molecule has 0 saturated heterocycles. The largest absolute Gasteiger partial charge is 0.494 e. The first-order valence-electron chi connectivity index (χ1n) is 9.99. The quantitative estimate of drug-likeness (QED) is 0.653. The van der Waals surface area contributed by atoms with Crippen molar-refractivity contribution < 1.29 is 19.4 Å². The third kappa shape index (κ3) is 3.66. The standard InChI is InChI=1S/C25H23NO4/c1-2-30-19-14-12-18(13-15-19)23-22(25(28)29)20-10-6-7-11-21(20)24(27)26(23)16-17-8-4-3-5-9-17/h3-15,22-23H,2,16H2,1H3,(H,28,29)/t22-,23-/m0/s1. The summed E-state index contributed by atoms with van der Waals surface area (Å²) < 4.78 is 5.53. The number of benzene rings is 3. The van der Waals surface area contributed by atoms with E-state index in [0.29, 0.717) is 30.0 Å². The lowest BCUT2D eigenvalue weighted by molar-refractivity contribution is -0.140. The zero-order valence-electron chi connectivity index (χ0n) is 16.7. The minimum absolute atomic E-state index is 0.161. The first-order chi connectivity index (χ1) is 14.6. The van der Waals surface area contributed by atoms with Crippen molar-refractivity contribution in [3.05, 3.63) is 101 Å². The average molecular weight is 401 g/mol. The first kappa shape index (κ1) is 19.7. The van der Waals surface area contributed by atoms with E-state index in [1.807, 2.05) is 61.5 Å². The van der Waals surface area contributed by atoms with Crippen molar-refractivity contribution >= 4 is 11.9 Å². The van der Waals surface area contributed by atoms with Gasteiger partial charge in [0.15, 0.2) is 0 Å². The van der Waals surface area contributed by atoms with Crippen LogP contribution >= 0.6 is 0 Å². The summed E-state index contributed by atoms with van der Waals surface area (Å²) in [5.74, 6) is -1.26. The smallest absolute Gasteiger partial charge is 0.313 e. The van der Waals surface area contributed by atoms with Crippen molar-refractivity contribution in [2.75, 3.05) is 6.61 Å². The Morgan fingerprint density at radius 2 is 1.63 bits per heavy atom. The fourth-order valence-corrected chi connectivity index (χ4v) is 4.11. The summed E-state index contributed by atoms with van der Waals surface area (Å²) >= 11 is 0. The maximum atomic E-state index is 13.5. The fourth-order valence-electron chi connectivity index (χ4n) is 4.11. The van der Waals surface area contributed by atoms with Crippen molar-refractivity contribution in [3.8, 4) is 5.75 Å². The van der Waals surface area contributed by atoms with Crippen molar-refractivity contribution in [2.45, 2.75) is 25.4 Å². The Bertz CT molecular complexity index is 1050. The SMILES string of the molecule is CCOc1ccc([C@H]2[C@@H](C(=O)O)c3ccccc3C(=O)N2Cc2ccccc2)cc1. The molecule has 1 heterocycles. The number of hydrogen-bond acceptors (Lipinski definition) is 3. The van der Waals surface area contributed by atoms with E-state index in [-0.39, 0.29) is 5.91 Å². The lowest BCUT2D eigenvalue weighted by atomic mass is 9.79. The maximum absolute atomic E-state index is 13.5. The van der Waals surface area contributed by atoms with E-state index in [4.69, 9.17) is 4.74 Å². The van der Waals surface area contributed by atoms with Gasteiger partial charge in [-0.15, -0.1) is 0 Å². The molecule has 1 N–H and O–H groups in total. The summed E-state index contributed by atoms with van der Waals surface area (Å²) in [6.45, 7) is 2.79. The lowest BCUT2D eigenvalue weighted by Crippen LogP contribution is -2.44. The molecule has 1 aliphatic rings. The second-order valence-corrected chi connectivity index (χ2v) is 7.27. The topological polar surface area (TPSA) is 66.8 Å². The van der Waals surface area contributed by atoms with Crippen LogP contribution in [0.25, 0.3) is 0 Å². The molecule has 3 aromatic rings. The van der Waals surface area contributed by atoms with Crippen LogP contribution in [-0.4, -0.2) is 28.5 Å². The first-order valence-corrected chi connectivity index (χ1v) is 9.99. The molecule has 4 rings (SSSR count). The number of aliphatic carboxylic acids is 1. The van der Waals surface area contributed by atoms with Crippen molar-refractivity contribution in [1.29, 1.82) is 0 Å². The molecule has 0 saturated carbocycles. The molecule has 0 spiro atoms. The Labute approximate surface area is 175 Å². The minimum Gasteiger partial charge on any atom is -0.494 e. The number of fused-ring (bicyclic) bond motifs is 1. The van der Waals surface area contributed by atoms with Crippen LogP contribution in [0.5, 0.6) is 5.75 Å². The number of carboxylic acids is 1. The molecule has 5 heteroatoms. The third-order valence-electron chi connectivity index (χ3n) is 5.43. The molecular weight excluding hydrogens is 378 g/mol. The third-order valence-corrected chi connectivity index (χ3v) is 5.43.